The molecule has 1 aromatic rings. The van der Waals surface area contributed by atoms with E-state index in [4.69, 9.17) is 0 Å². The van der Waals surface area contributed by atoms with E-state index in [9.17, 15) is 18.8 Å². The van der Waals surface area contributed by atoms with Crippen molar-refractivity contribution in [2.24, 2.45) is 0 Å². The van der Waals surface area contributed by atoms with E-state index in [1.165, 1.54) is 37.1 Å². The number of amides is 2. The van der Waals surface area contributed by atoms with Gasteiger partial charge in [-0.25, -0.2) is 4.39 Å². The first-order chi connectivity index (χ1) is 11.4. The molecule has 0 aliphatic carbocycles. The van der Waals surface area contributed by atoms with Crippen molar-refractivity contribution >= 4 is 23.9 Å². The number of rotatable bonds is 8. The number of benzene rings is 1. The van der Waals surface area contributed by atoms with E-state index in [1.807, 2.05) is 0 Å². The second-order valence-corrected chi connectivity index (χ2v) is 5.02. The van der Waals surface area contributed by atoms with Crippen molar-refractivity contribution in [3.8, 4) is 0 Å². The highest BCUT2D eigenvalue weighted by Crippen LogP contribution is 2.05. The lowest BCUT2D eigenvalue weighted by Crippen LogP contribution is -2.38. The number of hydrogen-bond acceptors (Lipinski definition) is 4. The first-order valence-corrected chi connectivity index (χ1v) is 7.46. The topological polar surface area (TPSA) is 75.7 Å². The fourth-order valence-corrected chi connectivity index (χ4v) is 1.87. The maximum atomic E-state index is 12.9. The molecule has 0 bridgehead atoms. The van der Waals surface area contributed by atoms with Crippen LogP contribution in [0.1, 0.15) is 18.9 Å². The highest BCUT2D eigenvalue weighted by Gasteiger charge is 2.13. The molecule has 0 unspecified atom stereocenters. The Kier molecular flexibility index (Phi) is 8.18. The second kappa shape index (κ2) is 10.1. The molecule has 1 aromatic carbocycles. The molecule has 0 aliphatic rings. The van der Waals surface area contributed by atoms with Crippen molar-refractivity contribution in [3.05, 3.63) is 41.7 Å². The van der Waals surface area contributed by atoms with Gasteiger partial charge < -0.3 is 15.0 Å². The van der Waals surface area contributed by atoms with Crippen LogP contribution < -0.4 is 5.32 Å². The van der Waals surface area contributed by atoms with Crippen LogP contribution in [-0.4, -0.2) is 49.4 Å². The van der Waals surface area contributed by atoms with Gasteiger partial charge in [-0.05, 0) is 23.8 Å². The summed E-state index contributed by atoms with van der Waals surface area (Å²) in [5, 5.41) is 2.60. The number of ether oxygens (including phenoxy) is 1. The fourth-order valence-electron chi connectivity index (χ4n) is 1.87. The van der Waals surface area contributed by atoms with E-state index in [-0.39, 0.29) is 43.7 Å². The Labute approximate surface area is 140 Å². The summed E-state index contributed by atoms with van der Waals surface area (Å²) in [6, 6.07) is 5.70. The number of hydrogen-bond donors (Lipinski definition) is 1. The van der Waals surface area contributed by atoms with Crippen molar-refractivity contribution in [3.63, 3.8) is 0 Å². The van der Waals surface area contributed by atoms with Crippen molar-refractivity contribution in [1.82, 2.24) is 10.2 Å². The molecule has 0 spiro atoms. The van der Waals surface area contributed by atoms with Crippen LogP contribution >= 0.6 is 0 Å². The molecule has 2 amide bonds. The predicted octanol–water partition coefficient (Wildman–Crippen LogP) is 1.37. The molecule has 0 atom stereocenters. The molecule has 130 valence electrons. The predicted molar refractivity (Wildman–Crippen MR) is 87.3 cm³/mol. The monoisotopic (exact) mass is 336 g/mol. The summed E-state index contributed by atoms with van der Waals surface area (Å²) < 4.78 is 17.4. The SMILES string of the molecule is COC(=O)CCN(CCNC(C)=O)C(=O)/C=C/c1ccc(F)cc1. The summed E-state index contributed by atoms with van der Waals surface area (Å²) in [5.74, 6) is -1.28. The molecule has 0 radical (unpaired) electrons. The Morgan fingerprint density at radius 3 is 2.46 bits per heavy atom. The van der Waals surface area contributed by atoms with Gasteiger partial charge in [0.2, 0.25) is 11.8 Å². The van der Waals surface area contributed by atoms with E-state index >= 15 is 0 Å². The van der Waals surface area contributed by atoms with Crippen molar-refractivity contribution < 1.29 is 23.5 Å². The summed E-state index contributed by atoms with van der Waals surface area (Å²) in [5.41, 5.74) is 0.680. The number of halogens is 1. The Hall–Kier alpha value is -2.70. The van der Waals surface area contributed by atoms with Crippen molar-refractivity contribution in [2.45, 2.75) is 13.3 Å². The van der Waals surface area contributed by atoms with Crippen LogP contribution in [-0.2, 0) is 19.1 Å². The second-order valence-electron chi connectivity index (χ2n) is 5.02. The third kappa shape index (κ3) is 7.53. The van der Waals surface area contributed by atoms with Gasteiger partial charge in [0.25, 0.3) is 0 Å². The Morgan fingerprint density at radius 1 is 1.21 bits per heavy atom. The molecule has 0 aromatic heterocycles. The third-order valence-corrected chi connectivity index (χ3v) is 3.17. The van der Waals surface area contributed by atoms with Gasteiger partial charge >= 0.3 is 5.97 Å². The molecule has 0 saturated heterocycles. The number of carbonyl (C=O) groups excluding carboxylic acids is 3. The number of nitrogens with zero attached hydrogens (tertiary/aromatic N) is 1. The van der Waals surface area contributed by atoms with Crippen LogP contribution in [0.25, 0.3) is 6.08 Å². The maximum absolute atomic E-state index is 12.9. The lowest BCUT2D eigenvalue weighted by Gasteiger charge is -2.20. The van der Waals surface area contributed by atoms with Crippen LogP contribution in [0.4, 0.5) is 4.39 Å². The Bertz CT molecular complexity index is 599. The molecule has 0 heterocycles. The zero-order chi connectivity index (χ0) is 17.9. The first-order valence-electron chi connectivity index (χ1n) is 7.46. The van der Waals surface area contributed by atoms with Gasteiger partial charge in [-0.2, -0.15) is 0 Å². The lowest BCUT2D eigenvalue weighted by atomic mass is 10.2. The first kappa shape index (κ1) is 19.3. The standard InChI is InChI=1S/C17H21FN2O4/c1-13(21)19-10-12-20(11-9-17(23)24-2)16(22)8-5-14-3-6-15(18)7-4-14/h3-8H,9-12H2,1-2H3,(H,19,21)/b8-5+. The van der Waals surface area contributed by atoms with E-state index in [2.05, 4.69) is 10.1 Å². The highest BCUT2D eigenvalue weighted by molar-refractivity contribution is 5.92. The molecular weight excluding hydrogens is 315 g/mol. The number of esters is 1. The van der Waals surface area contributed by atoms with Crippen molar-refractivity contribution in [1.29, 1.82) is 0 Å². The molecule has 1 N–H and O–H groups in total. The summed E-state index contributed by atoms with van der Waals surface area (Å²) >= 11 is 0. The fraction of sp³-hybridized carbons (Fsp3) is 0.353. The minimum Gasteiger partial charge on any atom is -0.469 e. The zero-order valence-electron chi connectivity index (χ0n) is 13.8. The van der Waals surface area contributed by atoms with Gasteiger partial charge in [-0.1, -0.05) is 12.1 Å². The Morgan fingerprint density at radius 2 is 1.88 bits per heavy atom. The van der Waals surface area contributed by atoms with Crippen LogP contribution in [0, 0.1) is 5.82 Å². The largest absolute Gasteiger partial charge is 0.469 e. The van der Waals surface area contributed by atoms with E-state index in [0.29, 0.717) is 5.56 Å². The molecule has 7 heteroatoms. The maximum Gasteiger partial charge on any atom is 0.307 e. The number of methoxy groups -OCH3 is 1. The summed E-state index contributed by atoms with van der Waals surface area (Å²) in [4.78, 5) is 35.9. The summed E-state index contributed by atoms with van der Waals surface area (Å²) in [7, 11) is 1.28. The van der Waals surface area contributed by atoms with Crippen LogP contribution in [0.15, 0.2) is 30.3 Å². The van der Waals surface area contributed by atoms with E-state index in [0.717, 1.165) is 0 Å². The average molecular weight is 336 g/mol. The van der Waals surface area contributed by atoms with Crippen LogP contribution in [0.3, 0.4) is 0 Å². The third-order valence-electron chi connectivity index (χ3n) is 3.17. The smallest absolute Gasteiger partial charge is 0.307 e. The number of carbonyl (C=O) groups is 3. The molecule has 1 rings (SSSR count). The molecule has 0 saturated carbocycles. The minimum absolute atomic E-state index is 0.0622. The van der Waals surface area contributed by atoms with Gasteiger partial charge in [0, 0.05) is 32.6 Å². The van der Waals surface area contributed by atoms with E-state index < -0.39 is 5.97 Å². The molecule has 0 aliphatic heterocycles. The van der Waals surface area contributed by atoms with Gasteiger partial charge in [-0.15, -0.1) is 0 Å². The quantitative estimate of drug-likeness (QED) is 0.575. The highest BCUT2D eigenvalue weighted by atomic mass is 19.1. The van der Waals surface area contributed by atoms with Gasteiger partial charge in [0.1, 0.15) is 5.82 Å². The summed E-state index contributed by atoms with van der Waals surface area (Å²) in [6.07, 6.45) is 2.97. The van der Waals surface area contributed by atoms with Gasteiger partial charge in [0.05, 0.1) is 13.5 Å². The molecule has 6 nitrogen and oxygen atoms in total. The van der Waals surface area contributed by atoms with Crippen molar-refractivity contribution in [2.75, 3.05) is 26.7 Å². The van der Waals surface area contributed by atoms with Gasteiger partial charge in [-0.3, -0.25) is 14.4 Å². The Balaban J connectivity index is 2.67. The normalized spacial score (nSPS) is 10.5. The molecular formula is C17H21FN2O4. The minimum atomic E-state index is -0.421. The molecule has 0 fully saturated rings. The average Bonchev–Trinajstić information content (AvgIpc) is 2.56. The van der Waals surface area contributed by atoms with Crippen LogP contribution in [0.5, 0.6) is 0 Å². The zero-order valence-corrected chi connectivity index (χ0v) is 13.8. The van der Waals surface area contributed by atoms with E-state index in [1.54, 1.807) is 18.2 Å². The lowest BCUT2D eigenvalue weighted by molar-refractivity contribution is -0.141. The van der Waals surface area contributed by atoms with Gasteiger partial charge in [0.15, 0.2) is 0 Å². The van der Waals surface area contributed by atoms with Crippen LogP contribution in [0.2, 0.25) is 0 Å². The summed E-state index contributed by atoms with van der Waals surface area (Å²) in [6.45, 7) is 2.11. The number of nitrogens with one attached hydrogen (secondary N) is 1. The molecule has 24 heavy (non-hydrogen) atoms.